The van der Waals surface area contributed by atoms with Gasteiger partial charge in [-0.05, 0) is 12.8 Å². The van der Waals surface area contributed by atoms with Gasteiger partial charge in [-0.3, -0.25) is 0 Å². The number of allylic oxidation sites excluding steroid dienone is 2. The minimum absolute atomic E-state index is 1.04. The number of benzene rings is 1. The highest BCUT2D eigenvalue weighted by molar-refractivity contribution is 6.82. The van der Waals surface area contributed by atoms with E-state index >= 15 is 0 Å². The fourth-order valence-corrected chi connectivity index (χ4v) is 4.30. The summed E-state index contributed by atoms with van der Waals surface area (Å²) in [5.41, 5.74) is 4.99. The van der Waals surface area contributed by atoms with Crippen molar-refractivity contribution in [2.45, 2.75) is 52.4 Å². The summed E-state index contributed by atoms with van der Waals surface area (Å²) in [6, 6.07) is 11.0. The van der Waals surface area contributed by atoms with Crippen LogP contribution in [0.5, 0.6) is 0 Å². The second kappa shape index (κ2) is 10.8. The molecule has 0 atom stereocenters. The predicted molar refractivity (Wildman–Crippen MR) is 90.6 cm³/mol. The highest BCUT2D eigenvalue weighted by Crippen LogP contribution is 2.01. The molecule has 19 heavy (non-hydrogen) atoms. The van der Waals surface area contributed by atoms with Crippen molar-refractivity contribution in [2.75, 3.05) is 0 Å². The van der Waals surface area contributed by atoms with Gasteiger partial charge in [0, 0.05) is 0 Å². The lowest BCUT2D eigenvalue weighted by molar-refractivity contribution is 0.815. The van der Waals surface area contributed by atoms with Crippen molar-refractivity contribution in [3.05, 3.63) is 53.9 Å². The van der Waals surface area contributed by atoms with Gasteiger partial charge < -0.3 is 0 Å². The molecule has 1 heteroatoms. The molecule has 1 aromatic carbocycles. The van der Waals surface area contributed by atoms with Crippen LogP contribution in [-0.4, -0.2) is 8.80 Å². The number of rotatable bonds is 9. The van der Waals surface area contributed by atoms with E-state index in [1.165, 1.54) is 43.7 Å². The van der Waals surface area contributed by atoms with Gasteiger partial charge in [0.1, 0.15) is 8.80 Å². The largest absolute Gasteiger partial charge is 0.117 e. The first kappa shape index (κ1) is 16.0. The molecule has 0 fully saturated rings. The normalized spacial score (nSPS) is 13.4. The molecule has 0 aliphatic heterocycles. The average Bonchev–Trinajstić information content (AvgIpc) is 2.46. The Morgan fingerprint density at radius 2 is 1.37 bits per heavy atom. The maximum Gasteiger partial charge on any atom is 0.117 e. The molecule has 0 bridgehead atoms. The van der Waals surface area contributed by atoms with Crippen LogP contribution in [0.2, 0.25) is 0 Å². The topological polar surface area (TPSA) is 0 Å². The van der Waals surface area contributed by atoms with E-state index in [1.807, 2.05) is 0 Å². The van der Waals surface area contributed by atoms with Crippen molar-refractivity contribution >= 4 is 14.0 Å². The minimum atomic E-state index is -1.04. The summed E-state index contributed by atoms with van der Waals surface area (Å²) in [6.07, 6.45) is 12.5. The van der Waals surface area contributed by atoms with Crippen molar-refractivity contribution < 1.29 is 0 Å². The Morgan fingerprint density at radius 3 is 1.84 bits per heavy atom. The summed E-state index contributed by atoms with van der Waals surface area (Å²) in [5.74, 6) is 0. The Hall–Kier alpha value is -1.08. The van der Waals surface area contributed by atoms with Crippen LogP contribution in [0, 0.1) is 0 Å². The van der Waals surface area contributed by atoms with Crippen LogP contribution in [0.1, 0.15) is 52.4 Å². The van der Waals surface area contributed by atoms with E-state index in [-0.39, 0.29) is 0 Å². The molecule has 0 saturated carbocycles. The molecule has 1 aromatic rings. The molecular formula is C18H28Si. The van der Waals surface area contributed by atoms with E-state index in [1.54, 1.807) is 0 Å². The van der Waals surface area contributed by atoms with Crippen molar-refractivity contribution in [3.63, 3.8) is 0 Å². The van der Waals surface area contributed by atoms with Crippen molar-refractivity contribution in [1.29, 1.82) is 0 Å². The Labute approximate surface area is 120 Å². The van der Waals surface area contributed by atoms with Gasteiger partial charge in [-0.25, -0.2) is 0 Å². The highest BCUT2D eigenvalue weighted by atomic mass is 28.3. The summed E-state index contributed by atoms with van der Waals surface area (Å²) in [5, 5.41) is 1.53. The van der Waals surface area contributed by atoms with Gasteiger partial charge in [0.05, 0.1) is 0 Å². The van der Waals surface area contributed by atoms with Crippen LogP contribution in [0.25, 0.3) is 0 Å². The lowest BCUT2D eigenvalue weighted by atomic mass is 10.2. The molecule has 0 saturated heterocycles. The summed E-state index contributed by atoms with van der Waals surface area (Å²) in [6.45, 7) is 4.51. The first-order chi connectivity index (χ1) is 9.38. The maximum absolute atomic E-state index is 2.49. The molecule has 0 radical (unpaired) electrons. The van der Waals surface area contributed by atoms with Crippen LogP contribution < -0.4 is 5.19 Å². The minimum Gasteiger partial charge on any atom is -0.0933 e. The van der Waals surface area contributed by atoms with Gasteiger partial charge in [0.25, 0.3) is 0 Å². The Morgan fingerprint density at radius 1 is 0.842 bits per heavy atom. The van der Waals surface area contributed by atoms with E-state index in [4.69, 9.17) is 0 Å². The first-order valence-electron chi connectivity index (χ1n) is 7.76. The molecule has 0 unspecified atom stereocenters. The SMILES string of the molecule is CCCCC=C[SiH](C=CCCCC)c1ccccc1. The van der Waals surface area contributed by atoms with E-state index < -0.39 is 8.80 Å². The molecule has 104 valence electrons. The summed E-state index contributed by atoms with van der Waals surface area (Å²) >= 11 is 0. The quantitative estimate of drug-likeness (QED) is 0.452. The third-order valence-electron chi connectivity index (χ3n) is 3.32. The van der Waals surface area contributed by atoms with Gasteiger partial charge >= 0.3 is 0 Å². The zero-order chi connectivity index (χ0) is 13.8. The van der Waals surface area contributed by atoms with Gasteiger partial charge in [-0.1, -0.05) is 98.6 Å². The van der Waals surface area contributed by atoms with Crippen LogP contribution >= 0.6 is 0 Å². The second-order valence-electron chi connectivity index (χ2n) is 5.08. The van der Waals surface area contributed by atoms with Gasteiger partial charge in [-0.15, -0.1) is 0 Å². The summed E-state index contributed by atoms with van der Waals surface area (Å²) in [4.78, 5) is 0. The number of unbranched alkanes of at least 4 members (excludes halogenated alkanes) is 4. The zero-order valence-corrected chi connectivity index (χ0v) is 13.7. The average molecular weight is 273 g/mol. The second-order valence-corrected chi connectivity index (χ2v) is 7.57. The standard InChI is InChI=1S/C18H28Si/c1-3-5-7-12-16-19(17-13-8-6-4-2)18-14-10-9-11-15-18/h9-17,19H,3-8H2,1-2H3. The number of hydrogen-bond acceptors (Lipinski definition) is 0. The van der Waals surface area contributed by atoms with E-state index in [9.17, 15) is 0 Å². The molecule has 0 aliphatic carbocycles. The van der Waals surface area contributed by atoms with Crippen LogP contribution in [0.3, 0.4) is 0 Å². The Bertz CT molecular complexity index is 347. The van der Waals surface area contributed by atoms with E-state index in [2.05, 4.69) is 67.7 Å². The fourth-order valence-electron chi connectivity index (χ4n) is 2.09. The lowest BCUT2D eigenvalue weighted by Gasteiger charge is -2.06. The molecule has 0 amide bonds. The van der Waals surface area contributed by atoms with Crippen molar-refractivity contribution in [2.24, 2.45) is 0 Å². The van der Waals surface area contributed by atoms with Crippen LogP contribution in [0.4, 0.5) is 0 Å². The number of hydrogen-bond donors (Lipinski definition) is 0. The Balaban J connectivity index is 2.62. The van der Waals surface area contributed by atoms with Gasteiger partial charge in [0.2, 0.25) is 0 Å². The third-order valence-corrected chi connectivity index (χ3v) is 5.85. The molecule has 0 aliphatic rings. The van der Waals surface area contributed by atoms with Crippen LogP contribution in [-0.2, 0) is 0 Å². The summed E-state index contributed by atoms with van der Waals surface area (Å²) < 4.78 is 0. The molecule has 0 aromatic heterocycles. The molecule has 1 rings (SSSR count). The maximum atomic E-state index is 2.49. The monoisotopic (exact) mass is 272 g/mol. The van der Waals surface area contributed by atoms with E-state index in [0.717, 1.165) is 0 Å². The molecule has 0 nitrogen and oxygen atoms in total. The smallest absolute Gasteiger partial charge is 0.0933 e. The first-order valence-corrected chi connectivity index (χ1v) is 9.67. The summed E-state index contributed by atoms with van der Waals surface area (Å²) in [7, 11) is -1.04. The van der Waals surface area contributed by atoms with Gasteiger partial charge in [0.15, 0.2) is 0 Å². The predicted octanol–water partition coefficient (Wildman–Crippen LogP) is 4.69. The molecule has 0 N–H and O–H groups in total. The molecular weight excluding hydrogens is 244 g/mol. The zero-order valence-electron chi connectivity index (χ0n) is 12.5. The third kappa shape index (κ3) is 7.17. The lowest BCUT2D eigenvalue weighted by Crippen LogP contribution is -2.25. The molecule has 0 spiro atoms. The Kier molecular flexibility index (Phi) is 9.08. The fraction of sp³-hybridized carbons (Fsp3) is 0.444. The van der Waals surface area contributed by atoms with Crippen molar-refractivity contribution in [1.82, 2.24) is 0 Å². The van der Waals surface area contributed by atoms with E-state index in [0.29, 0.717) is 0 Å². The van der Waals surface area contributed by atoms with Crippen molar-refractivity contribution in [3.8, 4) is 0 Å². The van der Waals surface area contributed by atoms with Gasteiger partial charge in [-0.2, -0.15) is 0 Å². The molecule has 0 heterocycles. The van der Waals surface area contributed by atoms with Crippen LogP contribution in [0.15, 0.2) is 53.9 Å². The highest BCUT2D eigenvalue weighted by Gasteiger charge is 2.04.